The van der Waals surface area contributed by atoms with Gasteiger partial charge in [0.25, 0.3) is 0 Å². The van der Waals surface area contributed by atoms with Gasteiger partial charge in [-0.05, 0) is 0 Å². The average Bonchev–Trinajstić information content (AvgIpc) is 2.23. The van der Waals surface area contributed by atoms with Crippen molar-refractivity contribution in [3.63, 3.8) is 0 Å². The quantitative estimate of drug-likeness (QED) is 0.296. The van der Waals surface area contributed by atoms with Crippen LogP contribution in [-0.2, 0) is 68.3 Å². The van der Waals surface area contributed by atoms with E-state index < -0.39 is 0 Å². The van der Waals surface area contributed by atoms with Crippen LogP contribution in [0.5, 0.6) is 0 Å². The van der Waals surface area contributed by atoms with Gasteiger partial charge in [0.05, 0.1) is 18.6 Å². The number of nitriles is 3. The molecule has 0 aliphatic rings. The van der Waals surface area contributed by atoms with Crippen LogP contribution in [0.25, 0.3) is 34.7 Å². The van der Waals surface area contributed by atoms with Gasteiger partial charge in [-0.15, -0.1) is 18.0 Å². The fourth-order valence-corrected chi connectivity index (χ4v) is 0.0671. The molecule has 12 nitrogen and oxygen atoms in total. The maximum atomic E-state index is 7.43. The van der Waals surface area contributed by atoms with Crippen molar-refractivity contribution in [3.05, 3.63) is 34.7 Å². The molecule has 0 aliphatic carbocycles. The topological polar surface area (TPSA) is 276 Å². The summed E-state index contributed by atoms with van der Waals surface area (Å²) in [6.07, 6.45) is 3.84. The van der Waals surface area contributed by atoms with Crippen LogP contribution in [0.3, 0.4) is 0 Å². The van der Waals surface area contributed by atoms with Crippen molar-refractivity contribution >= 4 is 18.0 Å². The van der Waals surface area contributed by atoms with E-state index >= 15 is 0 Å². The third-order valence-electron chi connectivity index (χ3n) is 0.300. The van der Waals surface area contributed by atoms with Crippen molar-refractivity contribution in [1.29, 1.82) is 15.8 Å². The number of hydrogen-bond acceptors (Lipinski definition) is 6. The molecule has 0 unspecified atom stereocenters. The summed E-state index contributed by atoms with van der Waals surface area (Å²) < 4.78 is 0. The van der Waals surface area contributed by atoms with Crippen LogP contribution in [0, 0.1) is 34.4 Å². The van der Waals surface area contributed by atoms with Gasteiger partial charge in [-0.2, -0.15) is 15.8 Å². The summed E-state index contributed by atoms with van der Waals surface area (Å²) in [5.41, 5.74) is 0. The molecule has 0 saturated carbocycles. The van der Waals surface area contributed by atoms with Crippen molar-refractivity contribution in [2.24, 2.45) is 15.0 Å². The molecule has 0 aromatic carbocycles. The van der Waals surface area contributed by atoms with Crippen LogP contribution in [0.1, 0.15) is 0 Å². The molecule has 0 aromatic rings. The molecule has 0 heterocycles. The molecule has 0 rings (SSSR count). The van der Waals surface area contributed by atoms with Gasteiger partial charge in [0.15, 0.2) is 0 Å². The zero-order valence-corrected chi connectivity index (χ0v) is 15.0. The number of rotatable bonds is 0. The van der Waals surface area contributed by atoms with Crippen LogP contribution < -0.4 is 0 Å². The molecular weight excluding hydrogens is 460 g/mol. The van der Waals surface area contributed by atoms with Crippen LogP contribution >= 0.6 is 0 Å². The predicted octanol–water partition coefficient (Wildman–Crippen LogP) is 2.77. The van der Waals surface area contributed by atoms with E-state index in [4.69, 9.17) is 32.0 Å². The third kappa shape index (κ3) is 275. The monoisotopic (exact) mass is 466 g/mol. The molecule has 4 radical (unpaired) electrons. The Morgan fingerprint density at radius 3 is 0.636 bits per heavy atom. The molecule has 0 atom stereocenters. The summed E-state index contributed by atoms with van der Waals surface area (Å²) in [4.78, 5) is 7.75. The van der Waals surface area contributed by atoms with E-state index in [2.05, 4.69) is 15.0 Å². The summed E-state index contributed by atoms with van der Waals surface area (Å²) in [5, 5.41) is 44.6. The number of aliphatic imine (C=N–C) groups is 3. The number of hydrogen-bond donors (Lipinski definition) is 0. The standard InChI is InChI=1S/3C2N3.4Mn.3H2N/c3*3-1-5-2-4;;;;;;;/h;;;;;;;3*1H2/q3*-1;4*+2;3*-1. The third-order valence-corrected chi connectivity index (χ3v) is 0.300. The first-order valence-corrected chi connectivity index (χ1v) is 2.68. The minimum absolute atomic E-state index is 0. The van der Waals surface area contributed by atoms with Crippen molar-refractivity contribution in [3.8, 4) is 18.6 Å². The maximum absolute atomic E-state index is 7.43. The number of nitrogens with zero attached hydrogens (tertiary/aromatic N) is 9. The van der Waals surface area contributed by atoms with Gasteiger partial charge in [-0.1, -0.05) is 0 Å². The molecule has 22 heavy (non-hydrogen) atoms. The van der Waals surface area contributed by atoms with Gasteiger partial charge >= 0.3 is 68.3 Å². The predicted molar refractivity (Wildman–Crippen MR) is 65.1 cm³/mol. The molecule has 116 valence electrons. The Kier molecular flexibility index (Phi) is 378. The van der Waals surface area contributed by atoms with E-state index in [1.165, 1.54) is 36.6 Å². The summed E-state index contributed by atoms with van der Waals surface area (Å²) in [6, 6.07) is 3.84. The summed E-state index contributed by atoms with van der Waals surface area (Å²) in [6.45, 7) is 0. The molecule has 16 heteroatoms. The van der Waals surface area contributed by atoms with Crippen molar-refractivity contribution in [2.75, 3.05) is 0 Å². The molecule has 0 fully saturated rings. The van der Waals surface area contributed by atoms with E-state index in [0.717, 1.165) is 0 Å². The van der Waals surface area contributed by atoms with Crippen LogP contribution in [0.15, 0.2) is 15.0 Å². The zero-order valence-electron chi connectivity index (χ0n) is 10.3. The molecule has 6 N–H and O–H groups in total. The van der Waals surface area contributed by atoms with Crippen molar-refractivity contribution in [1.82, 2.24) is 0 Å². The van der Waals surface area contributed by atoms with Gasteiger partial charge in [0.1, 0.15) is 0 Å². The van der Waals surface area contributed by atoms with Gasteiger partial charge in [0.2, 0.25) is 0 Å². The van der Waals surface area contributed by atoms with Gasteiger partial charge in [0, 0.05) is 0 Å². The Hall–Kier alpha value is -1.43. The largest absolute Gasteiger partial charge is 2.00 e. The molecule has 0 aliphatic heterocycles. The fraction of sp³-hybridized carbons (Fsp3) is 0. The molecule has 0 saturated heterocycles. The second kappa shape index (κ2) is 118. The zero-order chi connectivity index (χ0) is 12.4. The smallest absolute Gasteiger partial charge is 0.693 e. The summed E-state index contributed by atoms with van der Waals surface area (Å²) in [5.74, 6) is 0. The summed E-state index contributed by atoms with van der Waals surface area (Å²) >= 11 is 0. The normalized spacial score (nSPS) is 2.59. The Labute approximate surface area is 169 Å². The summed E-state index contributed by atoms with van der Waals surface area (Å²) in [7, 11) is 0. The first-order valence-electron chi connectivity index (χ1n) is 2.68. The van der Waals surface area contributed by atoms with E-state index in [0.29, 0.717) is 0 Å². The molecule has 0 amide bonds. The van der Waals surface area contributed by atoms with Crippen molar-refractivity contribution in [2.45, 2.75) is 0 Å². The Morgan fingerprint density at radius 1 is 0.500 bits per heavy atom. The van der Waals surface area contributed by atoms with Gasteiger partial charge < -0.3 is 49.7 Å². The van der Waals surface area contributed by atoms with Crippen LogP contribution in [-0.4, -0.2) is 18.0 Å². The van der Waals surface area contributed by atoms with Gasteiger partial charge in [-0.3, -0.25) is 0 Å². The Balaban J connectivity index is -0.0000000106. The van der Waals surface area contributed by atoms with E-state index in [-0.39, 0.29) is 86.7 Å². The first kappa shape index (κ1) is 70.5. The minimum Gasteiger partial charge on any atom is -0.693 e. The van der Waals surface area contributed by atoms with E-state index in [1.807, 2.05) is 0 Å². The SMILES string of the molecule is N#CN=C=[N-].N#CN=C=[N-].N#CN=C=[N-].[Mn+2].[Mn+2].[Mn+2].[Mn+2].[NH2-].[NH2-].[NH2-]. The Morgan fingerprint density at radius 2 is 0.636 bits per heavy atom. The number of nitrogens with two attached hydrogens (primary N) is 3. The first-order chi connectivity index (χ1) is 7.24. The molecular formula is C6H6Mn4N12+2. The molecule has 0 bridgehead atoms. The molecule has 0 aromatic heterocycles. The second-order valence-corrected chi connectivity index (χ2v) is 0.935. The van der Waals surface area contributed by atoms with E-state index in [9.17, 15) is 0 Å². The van der Waals surface area contributed by atoms with Crippen LogP contribution in [0.4, 0.5) is 0 Å². The Bertz CT molecular complexity index is 359. The molecule has 0 spiro atoms. The van der Waals surface area contributed by atoms with Gasteiger partial charge in [-0.25, -0.2) is 0 Å². The van der Waals surface area contributed by atoms with Crippen LogP contribution in [0.2, 0.25) is 0 Å². The fourth-order valence-electron chi connectivity index (χ4n) is 0.0671. The minimum atomic E-state index is 0. The maximum Gasteiger partial charge on any atom is 2.00 e. The second-order valence-electron chi connectivity index (χ2n) is 0.935. The van der Waals surface area contributed by atoms with E-state index in [1.54, 1.807) is 0 Å². The average molecular weight is 466 g/mol. The van der Waals surface area contributed by atoms with Crippen molar-refractivity contribution < 1.29 is 68.3 Å².